The van der Waals surface area contributed by atoms with Gasteiger partial charge in [-0.1, -0.05) is 18.7 Å². The van der Waals surface area contributed by atoms with E-state index in [1.54, 1.807) is 0 Å². The summed E-state index contributed by atoms with van der Waals surface area (Å²) in [4.78, 5) is 4.79. The van der Waals surface area contributed by atoms with E-state index in [4.69, 9.17) is 4.99 Å². The van der Waals surface area contributed by atoms with Crippen molar-refractivity contribution in [1.29, 1.82) is 0 Å². The Hall–Kier alpha value is -0.180. The van der Waals surface area contributed by atoms with Crippen LogP contribution in [0.15, 0.2) is 4.99 Å². The van der Waals surface area contributed by atoms with Gasteiger partial charge >= 0.3 is 0 Å². The van der Waals surface area contributed by atoms with E-state index >= 15 is 0 Å². The van der Waals surface area contributed by atoms with Gasteiger partial charge in [0.2, 0.25) is 0 Å². The van der Waals surface area contributed by atoms with E-state index in [1.807, 2.05) is 11.8 Å². The maximum absolute atomic E-state index is 4.79. The highest BCUT2D eigenvalue weighted by molar-refractivity contribution is 8.14. The molecule has 0 aromatic heterocycles. The molecule has 0 bridgehead atoms. The largest absolute Gasteiger partial charge is 0.359 e. The van der Waals surface area contributed by atoms with Gasteiger partial charge in [0.15, 0.2) is 5.17 Å². The Bertz CT molecular complexity index is 248. The third kappa shape index (κ3) is 2.44. The summed E-state index contributed by atoms with van der Waals surface area (Å²) in [5.74, 6) is 2.03. The van der Waals surface area contributed by atoms with Crippen molar-refractivity contribution < 1.29 is 0 Å². The van der Waals surface area contributed by atoms with Crippen molar-refractivity contribution in [2.24, 2.45) is 10.9 Å². The predicted molar refractivity (Wildman–Crippen MR) is 63.9 cm³/mol. The molecule has 3 heteroatoms. The molecule has 1 N–H and O–H groups in total. The Balaban J connectivity index is 1.93. The zero-order chi connectivity index (χ0) is 10.2. The minimum absolute atomic E-state index is 0.244. The molecular formula is C11H20N2S. The fourth-order valence-electron chi connectivity index (χ4n) is 2.14. The fraction of sp³-hybridized carbons (Fsp3) is 0.909. The molecule has 2 fully saturated rings. The average molecular weight is 212 g/mol. The summed E-state index contributed by atoms with van der Waals surface area (Å²) in [6, 6.07) is 0.592. The van der Waals surface area contributed by atoms with Gasteiger partial charge in [0.1, 0.15) is 0 Å². The summed E-state index contributed by atoms with van der Waals surface area (Å²) in [5, 5.41) is 4.66. The lowest BCUT2D eigenvalue weighted by Crippen LogP contribution is -2.37. The minimum Gasteiger partial charge on any atom is -0.359 e. The molecule has 2 unspecified atom stereocenters. The molecule has 1 saturated heterocycles. The molecule has 0 aromatic rings. The number of hydrogen-bond acceptors (Lipinski definition) is 2. The highest BCUT2D eigenvalue weighted by Gasteiger charge is 2.29. The summed E-state index contributed by atoms with van der Waals surface area (Å²) < 4.78 is 0. The van der Waals surface area contributed by atoms with Gasteiger partial charge in [-0.15, -0.1) is 0 Å². The van der Waals surface area contributed by atoms with Crippen LogP contribution < -0.4 is 5.32 Å². The first-order valence-corrected chi connectivity index (χ1v) is 6.52. The second-order valence-electron chi connectivity index (χ2n) is 5.30. The van der Waals surface area contributed by atoms with E-state index in [1.165, 1.54) is 24.4 Å². The lowest BCUT2D eigenvalue weighted by molar-refractivity contribution is 0.533. The Morgan fingerprint density at radius 3 is 2.71 bits per heavy atom. The summed E-state index contributed by atoms with van der Waals surface area (Å²) in [5.41, 5.74) is 0.244. The van der Waals surface area contributed by atoms with E-state index in [0.717, 1.165) is 11.7 Å². The van der Waals surface area contributed by atoms with Crippen LogP contribution in [-0.4, -0.2) is 22.5 Å². The van der Waals surface area contributed by atoms with Gasteiger partial charge < -0.3 is 5.32 Å². The first-order valence-electron chi connectivity index (χ1n) is 5.54. The van der Waals surface area contributed by atoms with Gasteiger partial charge in [0.05, 0.1) is 6.04 Å². The van der Waals surface area contributed by atoms with Crippen LogP contribution in [0, 0.1) is 5.92 Å². The summed E-state index contributed by atoms with van der Waals surface area (Å²) in [7, 11) is 0. The van der Waals surface area contributed by atoms with E-state index in [9.17, 15) is 0 Å². The number of aliphatic imine (C=N–C) groups is 1. The molecule has 1 aliphatic carbocycles. The van der Waals surface area contributed by atoms with Gasteiger partial charge in [0.25, 0.3) is 0 Å². The van der Waals surface area contributed by atoms with E-state index < -0.39 is 0 Å². The average Bonchev–Trinajstić information content (AvgIpc) is 2.59. The Kier molecular flexibility index (Phi) is 2.78. The number of hydrogen-bond donors (Lipinski definition) is 1. The minimum atomic E-state index is 0.244. The predicted octanol–water partition coefficient (Wildman–Crippen LogP) is 2.65. The van der Waals surface area contributed by atoms with Crippen molar-refractivity contribution in [3.05, 3.63) is 0 Å². The van der Waals surface area contributed by atoms with Gasteiger partial charge in [-0.3, -0.25) is 4.99 Å². The van der Waals surface area contributed by atoms with Crippen molar-refractivity contribution >= 4 is 16.9 Å². The van der Waals surface area contributed by atoms with Gasteiger partial charge in [-0.05, 0) is 39.0 Å². The smallest absolute Gasteiger partial charge is 0.157 e. The Morgan fingerprint density at radius 2 is 2.21 bits per heavy atom. The molecule has 0 radical (unpaired) electrons. The maximum Gasteiger partial charge on any atom is 0.157 e. The summed E-state index contributed by atoms with van der Waals surface area (Å²) >= 11 is 1.88. The molecule has 0 aromatic carbocycles. The van der Waals surface area contributed by atoms with E-state index in [-0.39, 0.29) is 5.54 Å². The Labute approximate surface area is 90.9 Å². The number of nitrogens with zero attached hydrogens (tertiary/aromatic N) is 1. The van der Waals surface area contributed by atoms with Crippen molar-refractivity contribution in [3.8, 4) is 0 Å². The lowest BCUT2D eigenvalue weighted by Gasteiger charge is -2.16. The molecule has 0 amide bonds. The molecule has 1 heterocycles. The van der Waals surface area contributed by atoms with E-state index in [2.05, 4.69) is 26.1 Å². The Morgan fingerprint density at radius 1 is 1.43 bits per heavy atom. The third-order valence-corrected chi connectivity index (χ3v) is 4.33. The first-order chi connectivity index (χ1) is 6.55. The maximum atomic E-state index is 4.79. The molecule has 2 atom stereocenters. The summed E-state index contributed by atoms with van der Waals surface area (Å²) in [6.45, 7) is 6.80. The molecule has 2 nitrogen and oxygen atoms in total. The van der Waals surface area contributed by atoms with Gasteiger partial charge in [0, 0.05) is 11.3 Å². The van der Waals surface area contributed by atoms with E-state index in [0.29, 0.717) is 6.04 Å². The van der Waals surface area contributed by atoms with Crippen molar-refractivity contribution in [1.82, 2.24) is 5.32 Å². The molecule has 1 aliphatic heterocycles. The monoisotopic (exact) mass is 212 g/mol. The number of rotatable bonds is 1. The van der Waals surface area contributed by atoms with Crippen LogP contribution in [0.3, 0.4) is 0 Å². The molecule has 0 spiro atoms. The normalized spacial score (nSPS) is 38.9. The second-order valence-corrected chi connectivity index (χ2v) is 6.27. The zero-order valence-corrected chi connectivity index (χ0v) is 10.2. The second kappa shape index (κ2) is 3.76. The van der Waals surface area contributed by atoms with Crippen LogP contribution in [0.25, 0.3) is 0 Å². The highest BCUT2D eigenvalue weighted by Crippen LogP contribution is 2.29. The molecule has 1 saturated carbocycles. The van der Waals surface area contributed by atoms with Crippen LogP contribution in [0.2, 0.25) is 0 Å². The first kappa shape index (κ1) is 10.3. The fourth-order valence-corrected chi connectivity index (χ4v) is 3.28. The van der Waals surface area contributed by atoms with Crippen molar-refractivity contribution in [2.45, 2.75) is 51.6 Å². The SMILES string of the molecule is CC1CCC(N=C2NC(C)(C)CS2)C1. The standard InChI is InChI=1S/C11H20N2S/c1-8-4-5-9(6-8)12-10-13-11(2,3)7-14-10/h8-9H,4-7H2,1-3H3,(H,12,13). The zero-order valence-electron chi connectivity index (χ0n) is 9.34. The van der Waals surface area contributed by atoms with Gasteiger partial charge in [-0.25, -0.2) is 0 Å². The molecule has 2 rings (SSSR count). The quantitative estimate of drug-likeness (QED) is 0.722. The molecular weight excluding hydrogens is 192 g/mol. The van der Waals surface area contributed by atoms with Crippen LogP contribution in [-0.2, 0) is 0 Å². The topological polar surface area (TPSA) is 24.4 Å². The van der Waals surface area contributed by atoms with Crippen LogP contribution in [0.1, 0.15) is 40.0 Å². The van der Waals surface area contributed by atoms with Crippen LogP contribution in [0.4, 0.5) is 0 Å². The number of nitrogens with one attached hydrogen (secondary N) is 1. The molecule has 14 heavy (non-hydrogen) atoms. The van der Waals surface area contributed by atoms with Crippen molar-refractivity contribution in [2.75, 3.05) is 5.75 Å². The van der Waals surface area contributed by atoms with Gasteiger partial charge in [-0.2, -0.15) is 0 Å². The van der Waals surface area contributed by atoms with Crippen LogP contribution >= 0.6 is 11.8 Å². The molecule has 2 aliphatic rings. The third-order valence-electron chi connectivity index (χ3n) is 2.98. The van der Waals surface area contributed by atoms with Crippen LogP contribution in [0.5, 0.6) is 0 Å². The lowest BCUT2D eigenvalue weighted by atomic mass is 10.1. The highest BCUT2D eigenvalue weighted by atomic mass is 32.2. The van der Waals surface area contributed by atoms with Crippen molar-refractivity contribution in [3.63, 3.8) is 0 Å². The molecule has 80 valence electrons. The summed E-state index contributed by atoms with van der Waals surface area (Å²) in [6.07, 6.45) is 3.93. The number of thioether (sulfide) groups is 1. The number of amidine groups is 1.